The average Bonchev–Trinajstić information content (AvgIpc) is 3.19. The van der Waals surface area contributed by atoms with Crippen molar-refractivity contribution in [2.24, 2.45) is 18.4 Å². The van der Waals surface area contributed by atoms with Gasteiger partial charge in [-0.25, -0.2) is 4.98 Å². The van der Waals surface area contributed by atoms with Crippen molar-refractivity contribution in [1.29, 1.82) is 0 Å². The molecule has 4 rings (SSSR count). The Kier molecular flexibility index (Phi) is 5.09. The van der Waals surface area contributed by atoms with E-state index in [1.165, 1.54) is 44.2 Å². The van der Waals surface area contributed by atoms with Crippen LogP contribution in [0.2, 0.25) is 0 Å². The van der Waals surface area contributed by atoms with Gasteiger partial charge in [-0.15, -0.1) is 0 Å². The number of piperidine rings is 1. The minimum absolute atomic E-state index is 0.111. The summed E-state index contributed by atoms with van der Waals surface area (Å²) in [6.07, 6.45) is 12.0. The van der Waals surface area contributed by atoms with Gasteiger partial charge in [0.1, 0.15) is 5.82 Å². The molecule has 2 aliphatic heterocycles. The molecule has 2 saturated heterocycles. The van der Waals surface area contributed by atoms with Crippen LogP contribution in [0.1, 0.15) is 62.9 Å². The van der Waals surface area contributed by atoms with Crippen molar-refractivity contribution < 1.29 is 4.79 Å². The number of amides is 1. The van der Waals surface area contributed by atoms with E-state index >= 15 is 0 Å². The molecule has 1 aliphatic carbocycles. The monoisotopic (exact) mass is 358 g/mol. The van der Waals surface area contributed by atoms with Crippen LogP contribution in [0.3, 0.4) is 0 Å². The molecule has 3 heterocycles. The second-order valence-corrected chi connectivity index (χ2v) is 8.96. The van der Waals surface area contributed by atoms with Gasteiger partial charge in [0.05, 0.1) is 11.1 Å². The Hall–Kier alpha value is -1.36. The lowest BCUT2D eigenvalue weighted by atomic mass is 9.77. The Morgan fingerprint density at radius 2 is 1.96 bits per heavy atom. The SMILES string of the molecule is Cc1ncc(CN2CCC3(CCCN(CC4CCCCC4)C3=O)C2)n1C. The van der Waals surface area contributed by atoms with E-state index in [1.807, 2.05) is 13.1 Å². The van der Waals surface area contributed by atoms with Crippen LogP contribution in [0.5, 0.6) is 0 Å². The van der Waals surface area contributed by atoms with Crippen LogP contribution in [-0.2, 0) is 18.4 Å². The molecule has 1 spiro atoms. The first kappa shape index (κ1) is 18.0. The van der Waals surface area contributed by atoms with E-state index in [2.05, 4.69) is 26.4 Å². The van der Waals surface area contributed by atoms with Gasteiger partial charge in [0.25, 0.3) is 0 Å². The first-order valence-electron chi connectivity index (χ1n) is 10.6. The molecular formula is C21H34N4O. The van der Waals surface area contributed by atoms with Crippen molar-refractivity contribution >= 4 is 5.91 Å². The zero-order chi connectivity index (χ0) is 18.1. The molecule has 0 bridgehead atoms. The molecule has 0 aromatic carbocycles. The molecule has 5 nitrogen and oxygen atoms in total. The van der Waals surface area contributed by atoms with E-state index in [9.17, 15) is 4.79 Å². The lowest BCUT2D eigenvalue weighted by molar-refractivity contribution is -0.146. The van der Waals surface area contributed by atoms with Gasteiger partial charge in [-0.1, -0.05) is 19.3 Å². The molecule has 1 atom stereocenters. The molecule has 1 unspecified atom stereocenters. The minimum Gasteiger partial charge on any atom is -0.342 e. The fourth-order valence-electron chi connectivity index (χ4n) is 5.40. The maximum absolute atomic E-state index is 13.4. The van der Waals surface area contributed by atoms with Gasteiger partial charge in [-0.3, -0.25) is 9.69 Å². The number of carbonyl (C=O) groups excluding carboxylic acids is 1. The fraction of sp³-hybridized carbons (Fsp3) is 0.810. The first-order valence-corrected chi connectivity index (χ1v) is 10.6. The number of hydrogen-bond donors (Lipinski definition) is 0. The normalized spacial score (nSPS) is 28.4. The van der Waals surface area contributed by atoms with Gasteiger partial charge >= 0.3 is 0 Å². The van der Waals surface area contributed by atoms with E-state index in [1.54, 1.807) is 0 Å². The number of hydrogen-bond acceptors (Lipinski definition) is 3. The highest BCUT2D eigenvalue weighted by molar-refractivity contribution is 5.84. The molecule has 1 saturated carbocycles. The lowest BCUT2D eigenvalue weighted by Crippen LogP contribution is -2.51. The number of carbonyl (C=O) groups is 1. The number of nitrogens with zero attached hydrogens (tertiary/aromatic N) is 4. The summed E-state index contributed by atoms with van der Waals surface area (Å²) in [5.74, 6) is 2.26. The summed E-state index contributed by atoms with van der Waals surface area (Å²) in [6.45, 7) is 6.92. The maximum atomic E-state index is 13.4. The summed E-state index contributed by atoms with van der Waals surface area (Å²) in [5, 5.41) is 0. The Labute approximate surface area is 157 Å². The number of imidazole rings is 1. The number of aromatic nitrogens is 2. The van der Waals surface area contributed by atoms with Gasteiger partial charge in [-0.05, 0) is 51.5 Å². The second-order valence-electron chi connectivity index (χ2n) is 8.96. The van der Waals surface area contributed by atoms with E-state index in [0.717, 1.165) is 57.3 Å². The third-order valence-electron chi connectivity index (χ3n) is 7.16. The molecule has 3 fully saturated rings. The zero-order valence-corrected chi connectivity index (χ0v) is 16.5. The van der Waals surface area contributed by atoms with E-state index in [0.29, 0.717) is 5.91 Å². The van der Waals surface area contributed by atoms with Crippen LogP contribution in [0.15, 0.2) is 6.20 Å². The molecular weight excluding hydrogens is 324 g/mol. The summed E-state index contributed by atoms with van der Waals surface area (Å²) in [5.41, 5.74) is 1.14. The Balaban J connectivity index is 1.39. The van der Waals surface area contributed by atoms with Crippen molar-refractivity contribution in [3.63, 3.8) is 0 Å². The molecule has 3 aliphatic rings. The van der Waals surface area contributed by atoms with E-state index < -0.39 is 0 Å². The molecule has 0 N–H and O–H groups in total. The van der Waals surface area contributed by atoms with Crippen LogP contribution < -0.4 is 0 Å². The molecule has 144 valence electrons. The van der Waals surface area contributed by atoms with Crippen LogP contribution in [0, 0.1) is 18.3 Å². The molecule has 1 amide bonds. The van der Waals surface area contributed by atoms with Crippen LogP contribution in [0.25, 0.3) is 0 Å². The summed E-state index contributed by atoms with van der Waals surface area (Å²) >= 11 is 0. The van der Waals surface area contributed by atoms with Gasteiger partial charge in [0, 0.05) is 39.4 Å². The minimum atomic E-state index is -0.111. The van der Waals surface area contributed by atoms with Gasteiger partial charge < -0.3 is 9.47 Å². The summed E-state index contributed by atoms with van der Waals surface area (Å²) in [6, 6.07) is 0. The van der Waals surface area contributed by atoms with Gasteiger partial charge in [-0.2, -0.15) is 0 Å². The number of likely N-dealkylation sites (tertiary alicyclic amines) is 2. The average molecular weight is 359 g/mol. The highest BCUT2D eigenvalue weighted by atomic mass is 16.2. The zero-order valence-electron chi connectivity index (χ0n) is 16.5. The maximum Gasteiger partial charge on any atom is 0.230 e. The number of aryl methyl sites for hydroxylation is 1. The van der Waals surface area contributed by atoms with Crippen LogP contribution in [-0.4, -0.2) is 51.4 Å². The van der Waals surface area contributed by atoms with E-state index in [4.69, 9.17) is 0 Å². The predicted molar refractivity (Wildman–Crippen MR) is 103 cm³/mol. The highest BCUT2D eigenvalue weighted by Crippen LogP contribution is 2.41. The van der Waals surface area contributed by atoms with Gasteiger partial charge in [0.15, 0.2) is 0 Å². The summed E-state index contributed by atoms with van der Waals surface area (Å²) in [4.78, 5) is 22.5. The first-order chi connectivity index (χ1) is 12.6. The molecule has 1 aromatic rings. The smallest absolute Gasteiger partial charge is 0.230 e. The van der Waals surface area contributed by atoms with Crippen molar-refractivity contribution in [3.8, 4) is 0 Å². The fourth-order valence-corrected chi connectivity index (χ4v) is 5.40. The molecule has 5 heteroatoms. The van der Waals surface area contributed by atoms with E-state index in [-0.39, 0.29) is 5.41 Å². The third-order valence-corrected chi connectivity index (χ3v) is 7.16. The molecule has 26 heavy (non-hydrogen) atoms. The van der Waals surface area contributed by atoms with Gasteiger partial charge in [0.2, 0.25) is 5.91 Å². The Bertz CT molecular complexity index is 648. The van der Waals surface area contributed by atoms with Crippen molar-refractivity contribution in [2.75, 3.05) is 26.2 Å². The number of rotatable bonds is 4. The topological polar surface area (TPSA) is 41.4 Å². The molecule has 1 aromatic heterocycles. The largest absolute Gasteiger partial charge is 0.342 e. The lowest BCUT2D eigenvalue weighted by Gasteiger charge is -2.41. The quantitative estimate of drug-likeness (QED) is 0.830. The highest BCUT2D eigenvalue weighted by Gasteiger charge is 2.48. The third kappa shape index (κ3) is 3.42. The summed E-state index contributed by atoms with van der Waals surface area (Å²) in [7, 11) is 2.08. The van der Waals surface area contributed by atoms with Crippen LogP contribution >= 0.6 is 0 Å². The Morgan fingerprint density at radius 3 is 2.69 bits per heavy atom. The van der Waals surface area contributed by atoms with Crippen molar-refractivity contribution in [1.82, 2.24) is 19.4 Å². The van der Waals surface area contributed by atoms with Crippen LogP contribution in [0.4, 0.5) is 0 Å². The Morgan fingerprint density at radius 1 is 1.15 bits per heavy atom. The van der Waals surface area contributed by atoms with Crippen molar-refractivity contribution in [3.05, 3.63) is 17.7 Å². The summed E-state index contributed by atoms with van der Waals surface area (Å²) < 4.78 is 2.17. The van der Waals surface area contributed by atoms with Crippen molar-refractivity contribution in [2.45, 2.75) is 64.8 Å². The second kappa shape index (κ2) is 7.34. The predicted octanol–water partition coefficient (Wildman–Crippen LogP) is 3.12. The standard InChI is InChI=1S/C21H34N4O/c1-17-22-13-19(23(17)2)15-24-12-10-21(16-24)9-6-11-25(20(21)26)14-18-7-4-3-5-8-18/h13,18H,3-12,14-16H2,1-2H3. The molecule has 0 radical (unpaired) electrons.